The minimum absolute atomic E-state index is 0.0572. The van der Waals surface area contributed by atoms with Crippen molar-refractivity contribution in [2.75, 3.05) is 31.6 Å². The van der Waals surface area contributed by atoms with Crippen LogP contribution in [-0.2, 0) is 6.42 Å². The van der Waals surface area contributed by atoms with Crippen molar-refractivity contribution >= 4 is 5.82 Å². The molecule has 24 heavy (non-hydrogen) atoms. The first-order chi connectivity index (χ1) is 11.7. The molecule has 2 fully saturated rings. The lowest BCUT2D eigenvalue weighted by atomic mass is 10.1. The Labute approximate surface area is 139 Å². The molecule has 4 rings (SSSR count). The van der Waals surface area contributed by atoms with Crippen LogP contribution in [0.4, 0.5) is 10.2 Å². The van der Waals surface area contributed by atoms with Gasteiger partial charge in [0.15, 0.2) is 17.5 Å². The molecule has 1 atom stereocenters. The number of halogens is 1. The Kier molecular flexibility index (Phi) is 3.91. The summed E-state index contributed by atoms with van der Waals surface area (Å²) >= 11 is 0. The summed E-state index contributed by atoms with van der Waals surface area (Å²) in [6.07, 6.45) is 4.25. The zero-order chi connectivity index (χ0) is 16.7. The van der Waals surface area contributed by atoms with Gasteiger partial charge < -0.3 is 9.42 Å². The maximum atomic E-state index is 14.6. The molecule has 0 bridgehead atoms. The highest BCUT2D eigenvalue weighted by Gasteiger charge is 2.34. The Bertz CT molecular complexity index is 731. The molecule has 0 amide bonds. The fourth-order valence-electron chi connectivity index (χ4n) is 3.09. The molecule has 0 spiro atoms. The first-order valence-electron chi connectivity index (χ1n) is 8.45. The minimum atomic E-state index is -0.326. The van der Waals surface area contributed by atoms with Crippen LogP contribution in [0.25, 0.3) is 0 Å². The van der Waals surface area contributed by atoms with Crippen molar-refractivity contribution in [2.45, 2.75) is 38.1 Å². The van der Waals surface area contributed by atoms with Crippen molar-refractivity contribution in [2.24, 2.45) is 0 Å². The quantitative estimate of drug-likeness (QED) is 0.847. The Morgan fingerprint density at radius 3 is 2.88 bits per heavy atom. The van der Waals surface area contributed by atoms with Crippen LogP contribution in [0.3, 0.4) is 0 Å². The fraction of sp³-hybridized carbons (Fsp3) is 0.625. The van der Waals surface area contributed by atoms with Crippen molar-refractivity contribution in [3.05, 3.63) is 29.6 Å². The second kappa shape index (κ2) is 6.08. The number of hydrogen-bond donors (Lipinski definition) is 0. The van der Waals surface area contributed by atoms with Crippen LogP contribution in [0.1, 0.15) is 49.1 Å². The molecule has 0 N–H and O–H groups in total. The van der Waals surface area contributed by atoms with Gasteiger partial charge in [-0.1, -0.05) is 12.1 Å². The van der Waals surface area contributed by atoms with Crippen LogP contribution in [0.5, 0.6) is 0 Å². The summed E-state index contributed by atoms with van der Waals surface area (Å²) in [7, 11) is 2.02. The van der Waals surface area contributed by atoms with Gasteiger partial charge in [-0.2, -0.15) is 4.98 Å². The molecule has 8 heteroatoms. The van der Waals surface area contributed by atoms with Gasteiger partial charge in [-0.05, 0) is 26.3 Å². The van der Waals surface area contributed by atoms with E-state index in [1.54, 1.807) is 0 Å². The number of anilines is 1. The molecule has 3 heterocycles. The number of rotatable bonds is 4. The van der Waals surface area contributed by atoms with Crippen LogP contribution >= 0.6 is 0 Å². The van der Waals surface area contributed by atoms with Gasteiger partial charge in [-0.25, -0.2) is 14.4 Å². The SMILES string of the molecule is CCc1ncnc(N2CCN(C)C(c3nc(C4CC4)no3)C2)c1F. The van der Waals surface area contributed by atoms with Crippen LogP contribution in [0.2, 0.25) is 0 Å². The zero-order valence-corrected chi connectivity index (χ0v) is 13.9. The van der Waals surface area contributed by atoms with Crippen LogP contribution in [0, 0.1) is 5.82 Å². The highest BCUT2D eigenvalue weighted by molar-refractivity contribution is 5.42. The van der Waals surface area contributed by atoms with Gasteiger partial charge in [0.25, 0.3) is 0 Å². The number of hydrogen-bond acceptors (Lipinski definition) is 7. The third kappa shape index (κ3) is 2.75. The summed E-state index contributed by atoms with van der Waals surface area (Å²) in [5, 5.41) is 4.10. The largest absolute Gasteiger partial charge is 0.351 e. The molecule has 1 aliphatic heterocycles. The van der Waals surface area contributed by atoms with Gasteiger partial charge in [-0.3, -0.25) is 4.90 Å². The topological polar surface area (TPSA) is 71.2 Å². The van der Waals surface area contributed by atoms with Gasteiger partial charge in [0.1, 0.15) is 12.4 Å². The first-order valence-corrected chi connectivity index (χ1v) is 8.45. The van der Waals surface area contributed by atoms with Crippen molar-refractivity contribution in [1.29, 1.82) is 0 Å². The number of aryl methyl sites for hydroxylation is 1. The van der Waals surface area contributed by atoms with E-state index in [-0.39, 0.29) is 11.9 Å². The van der Waals surface area contributed by atoms with Crippen LogP contribution in [-0.4, -0.2) is 51.7 Å². The molecule has 2 aromatic rings. The third-order valence-electron chi connectivity index (χ3n) is 4.81. The molecular formula is C16H21FN6O. The second-order valence-corrected chi connectivity index (χ2v) is 6.52. The molecule has 2 aliphatic rings. The Hall–Kier alpha value is -2.09. The molecule has 0 aromatic carbocycles. The van der Waals surface area contributed by atoms with E-state index >= 15 is 0 Å². The molecule has 1 aliphatic carbocycles. The lowest BCUT2D eigenvalue weighted by Gasteiger charge is -2.38. The van der Waals surface area contributed by atoms with Crippen molar-refractivity contribution in [1.82, 2.24) is 25.0 Å². The predicted octanol–water partition coefficient (Wildman–Crippen LogP) is 1.93. The lowest BCUT2D eigenvalue weighted by Crippen LogP contribution is -2.47. The van der Waals surface area contributed by atoms with Crippen molar-refractivity contribution in [3.63, 3.8) is 0 Å². The summed E-state index contributed by atoms with van der Waals surface area (Å²) in [5.41, 5.74) is 0.448. The van der Waals surface area contributed by atoms with Gasteiger partial charge in [-0.15, -0.1) is 0 Å². The maximum Gasteiger partial charge on any atom is 0.245 e. The molecule has 1 saturated carbocycles. The predicted molar refractivity (Wildman–Crippen MR) is 85.2 cm³/mol. The van der Waals surface area contributed by atoms with Crippen molar-refractivity contribution < 1.29 is 8.91 Å². The van der Waals surface area contributed by atoms with Gasteiger partial charge >= 0.3 is 0 Å². The number of piperazine rings is 1. The van der Waals surface area contributed by atoms with E-state index in [4.69, 9.17) is 4.52 Å². The third-order valence-corrected chi connectivity index (χ3v) is 4.81. The van der Waals surface area contributed by atoms with Gasteiger partial charge in [0.2, 0.25) is 5.89 Å². The highest BCUT2D eigenvalue weighted by Crippen LogP contribution is 2.39. The summed E-state index contributed by atoms with van der Waals surface area (Å²) in [6, 6.07) is -0.0572. The highest BCUT2D eigenvalue weighted by atomic mass is 19.1. The molecule has 1 unspecified atom stereocenters. The number of nitrogens with zero attached hydrogens (tertiary/aromatic N) is 6. The van der Waals surface area contributed by atoms with Crippen LogP contribution in [0.15, 0.2) is 10.9 Å². The Balaban J connectivity index is 1.58. The molecule has 7 nitrogen and oxygen atoms in total. The maximum absolute atomic E-state index is 14.6. The average molecular weight is 332 g/mol. The lowest BCUT2D eigenvalue weighted by molar-refractivity contribution is 0.176. The second-order valence-electron chi connectivity index (χ2n) is 6.52. The monoisotopic (exact) mass is 332 g/mol. The van der Waals surface area contributed by atoms with E-state index in [1.165, 1.54) is 6.33 Å². The molecule has 1 saturated heterocycles. The van der Waals surface area contributed by atoms with E-state index in [2.05, 4.69) is 25.0 Å². The molecule has 128 valence electrons. The average Bonchev–Trinajstić information content (AvgIpc) is 3.33. The normalized spacial score (nSPS) is 22.1. The molecule has 2 aromatic heterocycles. The molecule has 0 radical (unpaired) electrons. The van der Waals surface area contributed by atoms with Crippen LogP contribution < -0.4 is 4.90 Å². The first kappa shape index (κ1) is 15.4. The van der Waals surface area contributed by atoms with E-state index < -0.39 is 0 Å². The minimum Gasteiger partial charge on any atom is -0.351 e. The standard InChI is InChI=1S/C16H21FN6O/c1-3-11-13(17)15(19-9-18-11)23-7-6-22(2)12(8-23)16-20-14(21-24-16)10-4-5-10/h9-10,12H,3-8H2,1-2H3. The van der Waals surface area contributed by atoms with Crippen molar-refractivity contribution in [3.8, 4) is 0 Å². The van der Waals surface area contributed by atoms with E-state index in [0.29, 0.717) is 42.8 Å². The number of likely N-dealkylation sites (N-methyl/N-ethyl adjacent to an activating group) is 1. The summed E-state index contributed by atoms with van der Waals surface area (Å²) in [6.45, 7) is 3.93. The zero-order valence-electron chi connectivity index (χ0n) is 13.9. The molecular weight excluding hydrogens is 311 g/mol. The van der Waals surface area contributed by atoms with E-state index in [1.807, 2.05) is 18.9 Å². The Morgan fingerprint density at radius 2 is 2.12 bits per heavy atom. The van der Waals surface area contributed by atoms with E-state index in [0.717, 1.165) is 25.2 Å². The van der Waals surface area contributed by atoms with Gasteiger partial charge in [0.05, 0.1) is 5.69 Å². The summed E-state index contributed by atoms with van der Waals surface area (Å²) in [5.74, 6) is 1.90. The summed E-state index contributed by atoms with van der Waals surface area (Å²) in [4.78, 5) is 16.8. The smallest absolute Gasteiger partial charge is 0.245 e. The van der Waals surface area contributed by atoms with E-state index in [9.17, 15) is 4.39 Å². The Morgan fingerprint density at radius 1 is 1.29 bits per heavy atom. The van der Waals surface area contributed by atoms with Gasteiger partial charge in [0, 0.05) is 25.6 Å². The fourth-order valence-corrected chi connectivity index (χ4v) is 3.09. The number of aromatic nitrogens is 4. The summed E-state index contributed by atoms with van der Waals surface area (Å²) < 4.78 is 20.0.